The molecule has 4 heterocycles. The number of nitrogens with zero attached hydrogens (tertiary/aromatic N) is 2. The number of hydrogen-bond donors (Lipinski definition) is 1. The molecule has 0 bridgehead atoms. The Balaban J connectivity index is 1.31. The van der Waals surface area contributed by atoms with Gasteiger partial charge in [0.1, 0.15) is 6.10 Å². The van der Waals surface area contributed by atoms with E-state index in [0.29, 0.717) is 24.4 Å². The van der Waals surface area contributed by atoms with Crippen molar-refractivity contribution in [2.24, 2.45) is 0 Å². The molecule has 4 aliphatic rings. The Labute approximate surface area is 213 Å². The Hall–Kier alpha value is 0.810. The van der Waals surface area contributed by atoms with Gasteiger partial charge in [-0.1, -0.05) is 0 Å². The summed E-state index contributed by atoms with van der Waals surface area (Å²) in [7, 11) is 5.79. The van der Waals surface area contributed by atoms with E-state index in [4.69, 9.17) is 14.2 Å². The van der Waals surface area contributed by atoms with Gasteiger partial charge in [-0.25, -0.2) is 8.61 Å². The Morgan fingerprint density at radius 3 is 1.67 bits per heavy atom. The van der Waals surface area contributed by atoms with E-state index in [-0.39, 0.29) is 22.2 Å². The molecule has 0 spiro atoms. The zero-order valence-corrected chi connectivity index (χ0v) is 24.3. The highest BCUT2D eigenvalue weighted by Crippen LogP contribution is 2.55. The second-order valence-electron chi connectivity index (χ2n) is 12.8. The molecular weight excluding hydrogens is 474 g/mol. The molecule has 4 saturated heterocycles. The lowest BCUT2D eigenvalue weighted by Gasteiger charge is -2.55. The van der Waals surface area contributed by atoms with Crippen molar-refractivity contribution in [3.8, 4) is 0 Å². The SMILES string of the molecule is CC1(C)CC(NCC2CO2)CC(C)(C)N1SSSN1C(C)(C)CC(OCC2CO2)CC1(C)C. The van der Waals surface area contributed by atoms with E-state index in [1.807, 2.05) is 31.8 Å². The number of ether oxygens (including phenoxy) is 3. The van der Waals surface area contributed by atoms with Gasteiger partial charge >= 0.3 is 0 Å². The standard InChI is InChI=1S/C24H45N3O3S3/c1-21(2)9-17(25-13-19-14-29-19)10-22(3,4)26(21)31-33-32-27-23(5,6)11-18(12-24(27,7)8)28-15-20-16-30-20/h17-20,25H,9-16H2,1-8H3. The normalized spacial score (nSPS) is 33.8. The Kier molecular flexibility index (Phi) is 8.09. The van der Waals surface area contributed by atoms with E-state index >= 15 is 0 Å². The summed E-state index contributed by atoms with van der Waals surface area (Å²) in [6, 6.07) is 0.548. The Morgan fingerprint density at radius 2 is 1.21 bits per heavy atom. The fraction of sp³-hybridized carbons (Fsp3) is 1.00. The second kappa shape index (κ2) is 9.93. The maximum atomic E-state index is 6.23. The van der Waals surface area contributed by atoms with Crippen LogP contribution >= 0.6 is 31.8 Å². The van der Waals surface area contributed by atoms with Crippen LogP contribution in [0.5, 0.6) is 0 Å². The van der Waals surface area contributed by atoms with Gasteiger partial charge in [-0.05, 0) is 81.1 Å². The highest BCUT2D eigenvalue weighted by atomic mass is 33.5. The minimum Gasteiger partial charge on any atom is -0.375 e. The van der Waals surface area contributed by atoms with Gasteiger partial charge in [0.05, 0.1) is 32.0 Å². The first-order valence-corrected chi connectivity index (χ1v) is 15.9. The third-order valence-corrected chi connectivity index (χ3v) is 12.1. The number of rotatable bonds is 10. The lowest BCUT2D eigenvalue weighted by Crippen LogP contribution is -2.61. The highest BCUT2D eigenvalue weighted by Gasteiger charge is 2.49. The lowest BCUT2D eigenvalue weighted by atomic mass is 9.79. The van der Waals surface area contributed by atoms with E-state index in [0.717, 1.165) is 52.0 Å². The van der Waals surface area contributed by atoms with Crippen LogP contribution in [0, 0.1) is 0 Å². The molecule has 0 amide bonds. The van der Waals surface area contributed by atoms with Gasteiger partial charge in [0, 0.05) is 66.5 Å². The highest BCUT2D eigenvalue weighted by molar-refractivity contribution is 9.08. The zero-order chi connectivity index (χ0) is 24.1. The van der Waals surface area contributed by atoms with Gasteiger partial charge < -0.3 is 19.5 Å². The van der Waals surface area contributed by atoms with Crippen LogP contribution in [0.2, 0.25) is 0 Å². The maximum Gasteiger partial charge on any atom is 0.104 e. The molecule has 9 heteroatoms. The van der Waals surface area contributed by atoms with Crippen molar-refractivity contribution in [3.05, 3.63) is 0 Å². The van der Waals surface area contributed by atoms with E-state index in [9.17, 15) is 0 Å². The maximum absolute atomic E-state index is 6.23. The van der Waals surface area contributed by atoms with Crippen LogP contribution in [0.1, 0.15) is 81.1 Å². The monoisotopic (exact) mass is 519 g/mol. The fourth-order valence-electron chi connectivity index (χ4n) is 6.07. The third-order valence-electron chi connectivity index (χ3n) is 7.31. The van der Waals surface area contributed by atoms with Crippen LogP contribution in [0.3, 0.4) is 0 Å². The van der Waals surface area contributed by atoms with Crippen molar-refractivity contribution in [1.29, 1.82) is 0 Å². The van der Waals surface area contributed by atoms with E-state index in [1.54, 1.807) is 0 Å². The summed E-state index contributed by atoms with van der Waals surface area (Å²) in [5.41, 5.74) is 0.390. The first kappa shape index (κ1) is 26.9. The van der Waals surface area contributed by atoms with Gasteiger partial charge in [-0.3, -0.25) is 0 Å². The summed E-state index contributed by atoms with van der Waals surface area (Å²) in [4.78, 5) is 0. The third kappa shape index (κ3) is 6.98. The van der Waals surface area contributed by atoms with Crippen LogP contribution in [0.25, 0.3) is 0 Å². The quantitative estimate of drug-likeness (QED) is 0.236. The minimum absolute atomic E-state index is 0.0713. The van der Waals surface area contributed by atoms with Crippen LogP contribution in [0.4, 0.5) is 0 Å². The van der Waals surface area contributed by atoms with E-state index in [1.165, 1.54) is 0 Å². The van der Waals surface area contributed by atoms with Gasteiger partial charge in [-0.15, -0.1) is 0 Å². The molecule has 4 rings (SSSR count). The molecule has 2 unspecified atom stereocenters. The van der Waals surface area contributed by atoms with E-state index in [2.05, 4.69) is 69.3 Å². The molecule has 0 saturated carbocycles. The fourth-order valence-corrected chi connectivity index (χ4v) is 11.5. The summed E-state index contributed by atoms with van der Waals surface area (Å²) in [6.45, 7) is 22.6. The van der Waals surface area contributed by atoms with Gasteiger partial charge in [0.15, 0.2) is 0 Å². The van der Waals surface area contributed by atoms with Crippen molar-refractivity contribution >= 4 is 31.8 Å². The first-order valence-electron chi connectivity index (χ1n) is 12.5. The number of hydrogen-bond acceptors (Lipinski definition) is 9. The average molecular weight is 520 g/mol. The number of epoxide rings is 2. The molecule has 33 heavy (non-hydrogen) atoms. The largest absolute Gasteiger partial charge is 0.375 e. The molecule has 0 aromatic rings. The van der Waals surface area contributed by atoms with Crippen LogP contribution < -0.4 is 5.32 Å². The Morgan fingerprint density at radius 1 is 0.758 bits per heavy atom. The number of nitrogens with one attached hydrogen (secondary N) is 1. The van der Waals surface area contributed by atoms with Crippen molar-refractivity contribution < 1.29 is 14.2 Å². The van der Waals surface area contributed by atoms with E-state index < -0.39 is 0 Å². The molecular formula is C24H45N3O3S3. The zero-order valence-electron chi connectivity index (χ0n) is 21.8. The summed E-state index contributed by atoms with van der Waals surface area (Å²) in [5.74, 6) is 0. The topological polar surface area (TPSA) is 52.8 Å². The molecule has 0 aromatic heterocycles. The molecule has 4 aliphatic heterocycles. The molecule has 1 N–H and O–H groups in total. The summed E-state index contributed by atoms with van der Waals surface area (Å²) in [5, 5.41) is 3.77. The summed E-state index contributed by atoms with van der Waals surface area (Å²) >= 11 is 0. The number of piperidine rings is 2. The van der Waals surface area contributed by atoms with Crippen molar-refractivity contribution in [2.45, 2.75) is 128 Å². The smallest absolute Gasteiger partial charge is 0.104 e. The molecule has 192 valence electrons. The molecule has 0 aliphatic carbocycles. The Bertz CT molecular complexity index is 591. The molecule has 0 radical (unpaired) electrons. The van der Waals surface area contributed by atoms with Gasteiger partial charge in [-0.2, -0.15) is 0 Å². The van der Waals surface area contributed by atoms with Crippen LogP contribution in [0.15, 0.2) is 0 Å². The van der Waals surface area contributed by atoms with Crippen LogP contribution in [-0.2, 0) is 14.2 Å². The van der Waals surface area contributed by atoms with Crippen molar-refractivity contribution in [2.75, 3.05) is 26.4 Å². The molecule has 4 fully saturated rings. The minimum atomic E-state index is 0.0713. The predicted molar refractivity (Wildman–Crippen MR) is 142 cm³/mol. The summed E-state index contributed by atoms with van der Waals surface area (Å²) < 4.78 is 22.2. The van der Waals surface area contributed by atoms with Crippen LogP contribution in [-0.4, -0.2) is 81.5 Å². The molecule has 0 aromatic carbocycles. The second-order valence-corrected chi connectivity index (χ2v) is 16.5. The van der Waals surface area contributed by atoms with Gasteiger partial charge in [0.2, 0.25) is 0 Å². The summed E-state index contributed by atoms with van der Waals surface area (Å²) in [6.07, 6.45) is 5.51. The molecule has 6 nitrogen and oxygen atoms in total. The van der Waals surface area contributed by atoms with Crippen molar-refractivity contribution in [1.82, 2.24) is 13.9 Å². The average Bonchev–Trinajstić information content (AvgIpc) is 3.56. The lowest BCUT2D eigenvalue weighted by molar-refractivity contribution is -0.0621. The van der Waals surface area contributed by atoms with Crippen molar-refractivity contribution in [3.63, 3.8) is 0 Å². The molecule has 2 atom stereocenters. The predicted octanol–water partition coefficient (Wildman–Crippen LogP) is 5.29. The first-order chi connectivity index (χ1) is 15.3. The van der Waals surface area contributed by atoms with Gasteiger partial charge in [0.25, 0.3) is 0 Å².